The van der Waals surface area contributed by atoms with Gasteiger partial charge in [0, 0.05) is 42.8 Å². The summed E-state index contributed by atoms with van der Waals surface area (Å²) in [6, 6.07) is 11.9. The zero-order chi connectivity index (χ0) is 17.1. The van der Waals surface area contributed by atoms with E-state index < -0.39 is 5.82 Å². The number of hydrogen-bond donors (Lipinski definition) is 0. The largest absolute Gasteiger partial charge is 0.336 e. The van der Waals surface area contributed by atoms with Crippen LogP contribution >= 0.6 is 23.2 Å². The molecule has 3 rings (SSSR count). The average molecular weight is 367 g/mol. The Kier molecular flexibility index (Phi) is 5.39. The van der Waals surface area contributed by atoms with E-state index in [9.17, 15) is 9.18 Å². The molecule has 1 heterocycles. The van der Waals surface area contributed by atoms with Crippen molar-refractivity contribution >= 4 is 29.1 Å². The molecule has 0 radical (unpaired) electrons. The lowest BCUT2D eigenvalue weighted by Crippen LogP contribution is -2.48. The molecule has 24 heavy (non-hydrogen) atoms. The minimum Gasteiger partial charge on any atom is -0.336 e. The Hall–Kier alpha value is -1.62. The van der Waals surface area contributed by atoms with Gasteiger partial charge in [-0.3, -0.25) is 9.69 Å². The summed E-state index contributed by atoms with van der Waals surface area (Å²) in [6.45, 7) is 3.42. The van der Waals surface area contributed by atoms with Gasteiger partial charge in [0.15, 0.2) is 0 Å². The van der Waals surface area contributed by atoms with Crippen molar-refractivity contribution in [3.05, 3.63) is 69.5 Å². The topological polar surface area (TPSA) is 23.6 Å². The second-order valence-corrected chi connectivity index (χ2v) is 6.70. The number of amides is 1. The Balaban J connectivity index is 1.59. The highest BCUT2D eigenvalue weighted by atomic mass is 35.5. The Labute approximate surface area is 150 Å². The van der Waals surface area contributed by atoms with Gasteiger partial charge in [0.2, 0.25) is 0 Å². The molecule has 6 heteroatoms. The fourth-order valence-corrected chi connectivity index (χ4v) is 3.21. The third kappa shape index (κ3) is 4.07. The van der Waals surface area contributed by atoms with E-state index in [0.717, 1.165) is 30.2 Å². The van der Waals surface area contributed by atoms with Crippen LogP contribution in [0.3, 0.4) is 0 Å². The predicted octanol–water partition coefficient (Wildman–Crippen LogP) is 4.09. The fourth-order valence-electron chi connectivity index (χ4n) is 2.84. The minimum atomic E-state index is -0.575. The van der Waals surface area contributed by atoms with Crippen LogP contribution in [0.2, 0.25) is 10.0 Å². The maximum Gasteiger partial charge on any atom is 0.256 e. The molecule has 1 aliphatic rings. The highest BCUT2D eigenvalue weighted by molar-refractivity contribution is 6.30. The summed E-state index contributed by atoms with van der Waals surface area (Å²) in [5.74, 6) is -0.861. The van der Waals surface area contributed by atoms with Crippen molar-refractivity contribution < 1.29 is 9.18 Å². The molecule has 2 aromatic carbocycles. The number of nitrogens with zero attached hydrogens (tertiary/aromatic N) is 2. The molecule has 0 spiro atoms. The van der Waals surface area contributed by atoms with Crippen molar-refractivity contribution in [3.8, 4) is 0 Å². The summed E-state index contributed by atoms with van der Waals surface area (Å²) in [7, 11) is 0. The van der Waals surface area contributed by atoms with Crippen molar-refractivity contribution in [1.29, 1.82) is 0 Å². The van der Waals surface area contributed by atoms with Gasteiger partial charge in [-0.2, -0.15) is 0 Å². The summed E-state index contributed by atoms with van der Waals surface area (Å²) in [6.07, 6.45) is 0. The molecule has 0 aromatic heterocycles. The predicted molar refractivity (Wildman–Crippen MR) is 94.0 cm³/mol. The van der Waals surface area contributed by atoms with E-state index in [1.165, 1.54) is 18.2 Å². The quantitative estimate of drug-likeness (QED) is 0.816. The molecule has 126 valence electrons. The zero-order valence-electron chi connectivity index (χ0n) is 13.0. The van der Waals surface area contributed by atoms with Crippen LogP contribution in [-0.2, 0) is 6.54 Å². The number of piperazine rings is 1. The van der Waals surface area contributed by atoms with E-state index in [4.69, 9.17) is 23.2 Å². The normalized spacial score (nSPS) is 15.5. The Morgan fingerprint density at radius 3 is 2.38 bits per heavy atom. The molecule has 2 aromatic rings. The highest BCUT2D eigenvalue weighted by Gasteiger charge is 2.24. The molecule has 1 fully saturated rings. The number of benzene rings is 2. The van der Waals surface area contributed by atoms with E-state index in [0.29, 0.717) is 13.1 Å². The summed E-state index contributed by atoms with van der Waals surface area (Å²) in [5.41, 5.74) is 1.22. The van der Waals surface area contributed by atoms with Gasteiger partial charge in [-0.05, 0) is 35.9 Å². The second-order valence-electron chi connectivity index (χ2n) is 5.82. The first-order valence-electron chi connectivity index (χ1n) is 7.74. The molecule has 0 unspecified atom stereocenters. The first-order chi connectivity index (χ1) is 11.5. The maximum atomic E-state index is 13.9. The van der Waals surface area contributed by atoms with E-state index in [1.54, 1.807) is 4.90 Å². The van der Waals surface area contributed by atoms with Crippen LogP contribution in [0.4, 0.5) is 4.39 Å². The zero-order valence-corrected chi connectivity index (χ0v) is 14.5. The summed E-state index contributed by atoms with van der Waals surface area (Å²) in [5, 5.41) is 1.01. The number of carbonyl (C=O) groups excluding carboxylic acids is 1. The Morgan fingerprint density at radius 2 is 1.71 bits per heavy atom. The standard InChI is InChI=1S/C18H17Cl2FN2O/c19-14-3-1-2-13(10-14)12-22-6-8-23(9-7-22)18(24)16-5-4-15(20)11-17(16)21/h1-5,10-11H,6-9,12H2. The molecule has 1 saturated heterocycles. The number of rotatable bonds is 3. The van der Waals surface area contributed by atoms with Crippen molar-refractivity contribution in [2.24, 2.45) is 0 Å². The molecule has 3 nitrogen and oxygen atoms in total. The van der Waals surface area contributed by atoms with Crippen LogP contribution in [0.15, 0.2) is 42.5 Å². The minimum absolute atomic E-state index is 0.0719. The first kappa shape index (κ1) is 17.2. The van der Waals surface area contributed by atoms with Crippen LogP contribution in [0.1, 0.15) is 15.9 Å². The van der Waals surface area contributed by atoms with Crippen molar-refractivity contribution in [2.75, 3.05) is 26.2 Å². The molecule has 1 aliphatic heterocycles. The lowest BCUT2D eigenvalue weighted by atomic mass is 10.1. The van der Waals surface area contributed by atoms with Gasteiger partial charge in [0.05, 0.1) is 5.56 Å². The lowest BCUT2D eigenvalue weighted by molar-refractivity contribution is 0.0624. The number of carbonyl (C=O) groups is 1. The van der Waals surface area contributed by atoms with Gasteiger partial charge in [0.1, 0.15) is 5.82 Å². The molecule has 0 N–H and O–H groups in total. The fraction of sp³-hybridized carbons (Fsp3) is 0.278. The average Bonchev–Trinajstić information content (AvgIpc) is 2.55. The van der Waals surface area contributed by atoms with Crippen LogP contribution in [0.5, 0.6) is 0 Å². The van der Waals surface area contributed by atoms with Crippen LogP contribution < -0.4 is 0 Å². The van der Waals surface area contributed by atoms with Gasteiger partial charge in [-0.1, -0.05) is 35.3 Å². The van der Waals surface area contributed by atoms with Crippen LogP contribution in [0, 0.1) is 5.82 Å². The summed E-state index contributed by atoms with van der Waals surface area (Å²) < 4.78 is 13.9. The molecular formula is C18H17Cl2FN2O. The third-order valence-electron chi connectivity index (χ3n) is 4.12. The van der Waals surface area contributed by atoms with Crippen molar-refractivity contribution in [2.45, 2.75) is 6.54 Å². The molecule has 0 aliphatic carbocycles. The van der Waals surface area contributed by atoms with E-state index >= 15 is 0 Å². The lowest BCUT2D eigenvalue weighted by Gasteiger charge is -2.34. The number of halogens is 3. The molecular weight excluding hydrogens is 350 g/mol. The summed E-state index contributed by atoms with van der Waals surface area (Å²) in [4.78, 5) is 16.4. The van der Waals surface area contributed by atoms with E-state index in [-0.39, 0.29) is 16.5 Å². The first-order valence-corrected chi connectivity index (χ1v) is 8.49. The third-order valence-corrected chi connectivity index (χ3v) is 4.59. The van der Waals surface area contributed by atoms with E-state index in [1.807, 2.05) is 24.3 Å². The SMILES string of the molecule is O=C(c1ccc(Cl)cc1F)N1CCN(Cc2cccc(Cl)c2)CC1. The highest BCUT2D eigenvalue weighted by Crippen LogP contribution is 2.18. The molecule has 0 saturated carbocycles. The van der Waals surface area contributed by atoms with Crippen LogP contribution in [0.25, 0.3) is 0 Å². The number of hydrogen-bond acceptors (Lipinski definition) is 2. The van der Waals surface area contributed by atoms with Gasteiger partial charge >= 0.3 is 0 Å². The van der Waals surface area contributed by atoms with Gasteiger partial charge in [0.25, 0.3) is 5.91 Å². The summed E-state index contributed by atoms with van der Waals surface area (Å²) >= 11 is 11.7. The van der Waals surface area contributed by atoms with Crippen molar-refractivity contribution in [3.63, 3.8) is 0 Å². The molecule has 0 atom stereocenters. The second kappa shape index (κ2) is 7.51. The van der Waals surface area contributed by atoms with E-state index in [2.05, 4.69) is 4.90 Å². The van der Waals surface area contributed by atoms with Gasteiger partial charge < -0.3 is 4.90 Å². The molecule has 1 amide bonds. The smallest absolute Gasteiger partial charge is 0.256 e. The van der Waals surface area contributed by atoms with Gasteiger partial charge in [-0.15, -0.1) is 0 Å². The molecule has 0 bridgehead atoms. The Bertz CT molecular complexity index is 746. The maximum absolute atomic E-state index is 13.9. The Morgan fingerprint density at radius 1 is 1.00 bits per heavy atom. The van der Waals surface area contributed by atoms with Crippen LogP contribution in [-0.4, -0.2) is 41.9 Å². The van der Waals surface area contributed by atoms with Gasteiger partial charge in [-0.25, -0.2) is 4.39 Å². The van der Waals surface area contributed by atoms with Crippen molar-refractivity contribution in [1.82, 2.24) is 9.80 Å². The monoisotopic (exact) mass is 366 g/mol.